The summed E-state index contributed by atoms with van der Waals surface area (Å²) >= 11 is 1.61. The van der Waals surface area contributed by atoms with Crippen molar-refractivity contribution < 1.29 is 24.0 Å². The quantitative estimate of drug-likeness (QED) is 0.421. The van der Waals surface area contributed by atoms with E-state index < -0.39 is 18.0 Å². The first-order valence-electron chi connectivity index (χ1n) is 9.27. The van der Waals surface area contributed by atoms with Gasteiger partial charge in [-0.3, -0.25) is 19.9 Å². The number of hydrogen-bond acceptors (Lipinski definition) is 7. The number of primary amides is 1. The Balaban J connectivity index is 1.69. The van der Waals surface area contributed by atoms with Crippen LogP contribution in [0.3, 0.4) is 0 Å². The molecular weight excluding hydrogens is 396 g/mol. The van der Waals surface area contributed by atoms with Gasteiger partial charge in [-0.25, -0.2) is 4.79 Å². The molecule has 1 aliphatic heterocycles. The summed E-state index contributed by atoms with van der Waals surface area (Å²) in [5, 5.41) is 6.04. The molecule has 1 aromatic carbocycles. The Labute approximate surface area is 173 Å². The van der Waals surface area contributed by atoms with E-state index in [1.54, 1.807) is 11.8 Å². The highest BCUT2D eigenvalue weighted by Crippen LogP contribution is 2.18. The van der Waals surface area contributed by atoms with Crippen LogP contribution >= 0.6 is 11.8 Å². The second kappa shape index (κ2) is 12.0. The number of alkyl carbamates (subject to hydrolysis) is 1. The van der Waals surface area contributed by atoms with E-state index in [-0.39, 0.29) is 31.5 Å². The van der Waals surface area contributed by atoms with Crippen LogP contribution in [0.25, 0.3) is 0 Å². The fraction of sp³-hybridized carbons (Fsp3) is 0.421. The maximum atomic E-state index is 12.0. The van der Waals surface area contributed by atoms with Gasteiger partial charge in [0.15, 0.2) is 0 Å². The third-order valence-electron chi connectivity index (χ3n) is 3.96. The lowest BCUT2D eigenvalue weighted by molar-refractivity contribution is -0.122. The van der Waals surface area contributed by atoms with Gasteiger partial charge in [-0.05, 0) is 23.8 Å². The van der Waals surface area contributed by atoms with E-state index >= 15 is 0 Å². The van der Waals surface area contributed by atoms with Gasteiger partial charge >= 0.3 is 6.09 Å². The standard InChI is InChI=1S/C19H26N4O5S/c1-2-29-17-10-14(28-23-17)11-21-16(24)9-8-15(18(20)25)22-19(26)27-12-13-6-4-3-5-7-13/h3-7,10,14-15,23H,2,8-9,11-12H2,1H3,(H2,20,25)(H,21,24)(H,22,26)/t14?,15-/m0/s1. The Morgan fingerprint density at radius 1 is 1.31 bits per heavy atom. The van der Waals surface area contributed by atoms with Crippen molar-refractivity contribution in [2.75, 3.05) is 12.3 Å². The van der Waals surface area contributed by atoms with E-state index in [9.17, 15) is 14.4 Å². The molecule has 1 aromatic rings. The van der Waals surface area contributed by atoms with Gasteiger partial charge in [-0.2, -0.15) is 0 Å². The van der Waals surface area contributed by atoms with Crippen LogP contribution in [0.1, 0.15) is 25.3 Å². The Morgan fingerprint density at radius 3 is 2.76 bits per heavy atom. The topological polar surface area (TPSA) is 132 Å². The fourth-order valence-electron chi connectivity index (χ4n) is 2.48. The summed E-state index contributed by atoms with van der Waals surface area (Å²) < 4.78 is 5.07. The number of hydrogen-bond donors (Lipinski definition) is 4. The maximum absolute atomic E-state index is 12.0. The van der Waals surface area contributed by atoms with Gasteiger partial charge in [0.05, 0.1) is 11.6 Å². The molecule has 29 heavy (non-hydrogen) atoms. The van der Waals surface area contributed by atoms with E-state index in [0.717, 1.165) is 16.3 Å². The number of thioether (sulfide) groups is 1. The monoisotopic (exact) mass is 422 g/mol. The van der Waals surface area contributed by atoms with Crippen molar-refractivity contribution in [3.05, 3.63) is 47.0 Å². The van der Waals surface area contributed by atoms with Crippen molar-refractivity contribution in [3.8, 4) is 0 Å². The van der Waals surface area contributed by atoms with Crippen molar-refractivity contribution in [1.82, 2.24) is 16.1 Å². The molecule has 5 N–H and O–H groups in total. The molecule has 0 aliphatic carbocycles. The van der Waals surface area contributed by atoms with Crippen molar-refractivity contribution in [2.24, 2.45) is 5.73 Å². The molecule has 0 fully saturated rings. The summed E-state index contributed by atoms with van der Waals surface area (Å²) in [6.45, 7) is 2.40. The van der Waals surface area contributed by atoms with Crippen LogP contribution in [0, 0.1) is 0 Å². The van der Waals surface area contributed by atoms with Crippen molar-refractivity contribution in [3.63, 3.8) is 0 Å². The minimum atomic E-state index is -0.999. The van der Waals surface area contributed by atoms with E-state index in [1.807, 2.05) is 43.3 Å². The molecule has 2 rings (SSSR count). The Bertz CT molecular complexity index is 729. The zero-order chi connectivity index (χ0) is 21.1. The van der Waals surface area contributed by atoms with E-state index in [4.69, 9.17) is 15.3 Å². The van der Waals surface area contributed by atoms with Crippen LogP contribution in [0.15, 0.2) is 41.4 Å². The van der Waals surface area contributed by atoms with Crippen LogP contribution in [-0.2, 0) is 25.8 Å². The zero-order valence-electron chi connectivity index (χ0n) is 16.2. The molecule has 0 saturated carbocycles. The molecule has 1 aliphatic rings. The fourth-order valence-corrected chi connectivity index (χ4v) is 3.14. The number of carbonyl (C=O) groups excluding carboxylic acids is 3. The molecular formula is C19H26N4O5S. The van der Waals surface area contributed by atoms with Gasteiger partial charge in [-0.15, -0.1) is 11.8 Å². The largest absolute Gasteiger partial charge is 0.445 e. The van der Waals surface area contributed by atoms with Crippen LogP contribution < -0.4 is 21.8 Å². The lowest BCUT2D eigenvalue weighted by Crippen LogP contribution is -2.45. The van der Waals surface area contributed by atoms with E-state index in [0.29, 0.717) is 6.54 Å². The number of carbonyl (C=O) groups is 3. The SMILES string of the molecule is CCSC1=CC(CNC(=O)CC[C@H](NC(=O)OCc2ccccc2)C(N)=O)ON1. The highest BCUT2D eigenvalue weighted by molar-refractivity contribution is 8.02. The highest BCUT2D eigenvalue weighted by atomic mass is 32.2. The van der Waals surface area contributed by atoms with Gasteiger partial charge in [0.25, 0.3) is 0 Å². The number of nitrogens with one attached hydrogen (secondary N) is 3. The second-order valence-corrected chi connectivity index (χ2v) is 7.53. The number of benzene rings is 1. The Hall–Kier alpha value is -2.72. The Morgan fingerprint density at radius 2 is 2.07 bits per heavy atom. The maximum Gasteiger partial charge on any atom is 0.408 e. The smallest absolute Gasteiger partial charge is 0.408 e. The molecule has 10 heteroatoms. The molecule has 0 radical (unpaired) electrons. The number of ether oxygens (including phenoxy) is 1. The minimum absolute atomic E-state index is 0.0208. The molecule has 0 bridgehead atoms. The lowest BCUT2D eigenvalue weighted by Gasteiger charge is -2.15. The predicted octanol–water partition coefficient (Wildman–Crippen LogP) is 1.16. The number of nitrogens with two attached hydrogens (primary N) is 1. The molecule has 1 unspecified atom stereocenters. The summed E-state index contributed by atoms with van der Waals surface area (Å²) in [6, 6.07) is 8.13. The molecule has 9 nitrogen and oxygen atoms in total. The molecule has 2 atom stereocenters. The van der Waals surface area contributed by atoms with Gasteiger partial charge in [0.2, 0.25) is 11.8 Å². The van der Waals surface area contributed by atoms with Gasteiger partial charge in [0, 0.05) is 6.42 Å². The predicted molar refractivity (Wildman–Crippen MR) is 109 cm³/mol. The highest BCUT2D eigenvalue weighted by Gasteiger charge is 2.21. The number of rotatable bonds is 11. The average Bonchev–Trinajstić information content (AvgIpc) is 3.16. The third kappa shape index (κ3) is 8.44. The van der Waals surface area contributed by atoms with E-state index in [2.05, 4.69) is 16.1 Å². The van der Waals surface area contributed by atoms with Crippen LogP contribution in [0.2, 0.25) is 0 Å². The molecule has 1 heterocycles. The van der Waals surface area contributed by atoms with Crippen molar-refractivity contribution >= 4 is 29.7 Å². The normalized spacial score (nSPS) is 16.3. The van der Waals surface area contributed by atoms with Crippen molar-refractivity contribution in [2.45, 2.75) is 38.5 Å². The molecule has 0 saturated heterocycles. The first-order chi connectivity index (χ1) is 14.0. The van der Waals surface area contributed by atoms with Crippen LogP contribution in [-0.4, -0.2) is 42.4 Å². The van der Waals surface area contributed by atoms with Crippen LogP contribution in [0.4, 0.5) is 4.79 Å². The Kier molecular flexibility index (Phi) is 9.32. The molecule has 3 amide bonds. The van der Waals surface area contributed by atoms with E-state index in [1.165, 1.54) is 0 Å². The summed E-state index contributed by atoms with van der Waals surface area (Å²) in [5.41, 5.74) is 8.92. The van der Waals surface area contributed by atoms with Gasteiger partial charge in [-0.1, -0.05) is 37.3 Å². The van der Waals surface area contributed by atoms with Crippen LogP contribution in [0.5, 0.6) is 0 Å². The molecule has 0 spiro atoms. The second-order valence-electron chi connectivity index (χ2n) is 6.23. The number of amides is 3. The average molecular weight is 423 g/mol. The summed E-state index contributed by atoms with van der Waals surface area (Å²) in [5.74, 6) is -0.0948. The lowest BCUT2D eigenvalue weighted by atomic mass is 10.1. The molecule has 158 valence electrons. The summed E-state index contributed by atoms with van der Waals surface area (Å²) in [6.07, 6.45) is 0.955. The summed E-state index contributed by atoms with van der Waals surface area (Å²) in [7, 11) is 0. The molecule has 0 aromatic heterocycles. The third-order valence-corrected chi connectivity index (χ3v) is 4.78. The van der Waals surface area contributed by atoms with Gasteiger partial charge in [0.1, 0.15) is 18.8 Å². The van der Waals surface area contributed by atoms with Crippen molar-refractivity contribution in [1.29, 1.82) is 0 Å². The zero-order valence-corrected chi connectivity index (χ0v) is 17.0. The first-order valence-corrected chi connectivity index (χ1v) is 10.3. The minimum Gasteiger partial charge on any atom is -0.445 e. The number of hydroxylamine groups is 1. The van der Waals surface area contributed by atoms with Gasteiger partial charge < -0.3 is 21.1 Å². The first kappa shape index (κ1) is 22.6. The summed E-state index contributed by atoms with van der Waals surface area (Å²) in [4.78, 5) is 40.8.